The molecule has 3 heteroatoms. The lowest BCUT2D eigenvalue weighted by Gasteiger charge is -2.03. The lowest BCUT2D eigenvalue weighted by Crippen LogP contribution is -1.79. The largest absolute Gasteiger partial charge is 0.454 e. The Morgan fingerprint density at radius 3 is 2.56 bits per heavy atom. The average molecular weight is 247 g/mol. The molecule has 0 saturated carbocycles. The molecule has 0 atom stereocenters. The van der Waals surface area contributed by atoms with Crippen LogP contribution in [0.3, 0.4) is 0 Å². The van der Waals surface area contributed by atoms with Crippen molar-refractivity contribution in [3.05, 3.63) is 52.0 Å². The van der Waals surface area contributed by atoms with Crippen LogP contribution < -0.4 is 0 Å². The van der Waals surface area contributed by atoms with E-state index in [0.717, 1.165) is 20.9 Å². The van der Waals surface area contributed by atoms with Crippen LogP contribution in [-0.4, -0.2) is 0 Å². The Kier molecular flexibility index (Phi) is 2.20. The second kappa shape index (κ2) is 3.58. The summed E-state index contributed by atoms with van der Waals surface area (Å²) < 4.78 is 6.55. The Balaban J connectivity index is 2.67. The van der Waals surface area contributed by atoms with Gasteiger partial charge in [-0.05, 0) is 24.3 Å². The minimum atomic E-state index is 0.592. The van der Waals surface area contributed by atoms with E-state index in [0.29, 0.717) is 10.6 Å². The molecule has 0 N–H and O–H groups in total. The Morgan fingerprint density at radius 2 is 1.69 bits per heavy atom. The summed E-state index contributed by atoms with van der Waals surface area (Å²) >= 11 is 11.5. The fourth-order valence-corrected chi connectivity index (χ4v) is 2.33. The molecule has 16 heavy (non-hydrogen) atoms. The molecule has 78 valence electrons. The first-order valence-corrected chi connectivity index (χ1v) is 5.66. The molecule has 1 heterocycles. The summed E-state index contributed by atoms with van der Waals surface area (Å²) in [5.41, 5.74) is 1.43. The van der Waals surface area contributed by atoms with E-state index in [1.54, 1.807) is 6.07 Å². The first-order chi connectivity index (χ1) is 7.77. The molecule has 1 nitrogen and oxygen atoms in total. The Labute approximate surface area is 102 Å². The summed E-state index contributed by atoms with van der Waals surface area (Å²) in [5.74, 6) is 0. The molecule has 0 unspecified atom stereocenters. The van der Waals surface area contributed by atoms with E-state index in [2.05, 4.69) is 0 Å². The van der Waals surface area contributed by atoms with Gasteiger partial charge in [0.2, 0.25) is 0 Å². The van der Waals surface area contributed by atoms with Crippen molar-refractivity contribution in [1.82, 2.24) is 0 Å². The molecule has 3 rings (SSSR count). The van der Waals surface area contributed by atoms with Crippen molar-refractivity contribution >= 4 is 45.8 Å². The van der Waals surface area contributed by atoms with Crippen molar-refractivity contribution < 1.29 is 4.42 Å². The van der Waals surface area contributed by atoms with E-state index in [1.165, 1.54) is 0 Å². The van der Waals surface area contributed by atoms with Gasteiger partial charge in [-0.2, -0.15) is 0 Å². The fraction of sp³-hybridized carbons (Fsp3) is 0. The zero-order valence-corrected chi connectivity index (χ0v) is 9.81. The van der Waals surface area contributed by atoms with Crippen molar-refractivity contribution in [1.29, 1.82) is 0 Å². The lowest BCUT2D eigenvalue weighted by molar-refractivity contribution is 0.660. The molecule has 0 radical (unpaired) electrons. The van der Waals surface area contributed by atoms with Crippen LogP contribution >= 0.6 is 23.8 Å². The maximum atomic E-state index is 6.09. The number of para-hydroxylation sites is 2. The quantitative estimate of drug-likeness (QED) is 0.410. The fourth-order valence-electron chi connectivity index (χ4n) is 1.79. The van der Waals surface area contributed by atoms with Gasteiger partial charge in [0.15, 0.2) is 5.58 Å². The molecule has 3 aromatic rings. The van der Waals surface area contributed by atoms with Gasteiger partial charge in [-0.25, -0.2) is 0 Å². The highest BCUT2D eigenvalue weighted by molar-refractivity contribution is 7.72. The minimum absolute atomic E-state index is 0.592. The maximum absolute atomic E-state index is 6.09. The normalized spacial score (nSPS) is 11.1. The average Bonchev–Trinajstić information content (AvgIpc) is 2.31. The predicted molar refractivity (Wildman–Crippen MR) is 69.6 cm³/mol. The van der Waals surface area contributed by atoms with Crippen molar-refractivity contribution in [2.75, 3.05) is 0 Å². The monoisotopic (exact) mass is 246 g/mol. The summed E-state index contributed by atoms with van der Waals surface area (Å²) in [4.78, 5) is 0. The Hall–Kier alpha value is -1.38. The van der Waals surface area contributed by atoms with Crippen molar-refractivity contribution in [2.45, 2.75) is 0 Å². The highest BCUT2D eigenvalue weighted by Crippen LogP contribution is 2.29. The van der Waals surface area contributed by atoms with E-state index < -0.39 is 0 Å². The van der Waals surface area contributed by atoms with Crippen LogP contribution in [0.2, 0.25) is 5.02 Å². The zero-order chi connectivity index (χ0) is 11.1. The van der Waals surface area contributed by atoms with E-state index in [1.807, 2.05) is 36.4 Å². The van der Waals surface area contributed by atoms with Crippen LogP contribution in [-0.2, 0) is 0 Å². The van der Waals surface area contributed by atoms with Crippen molar-refractivity contribution in [2.24, 2.45) is 0 Å². The van der Waals surface area contributed by atoms with E-state index in [4.69, 9.17) is 28.2 Å². The number of halogens is 1. The Morgan fingerprint density at radius 1 is 0.938 bits per heavy atom. The smallest absolute Gasteiger partial charge is 0.154 e. The standard InChI is InChI=1S/C13H7ClOS/c14-10-6-3-5-9-12(10)15-11-7-2-1-4-8(11)13(9)16/h1-7H. The van der Waals surface area contributed by atoms with Gasteiger partial charge in [0.25, 0.3) is 0 Å². The number of benzene rings is 2. The minimum Gasteiger partial charge on any atom is -0.454 e. The van der Waals surface area contributed by atoms with Gasteiger partial charge in [-0.15, -0.1) is 0 Å². The molecule has 0 aliphatic heterocycles. The van der Waals surface area contributed by atoms with E-state index >= 15 is 0 Å². The molecule has 0 amide bonds. The molecule has 2 aromatic carbocycles. The predicted octanol–water partition coefficient (Wildman–Crippen LogP) is 4.97. The third kappa shape index (κ3) is 1.34. The third-order valence-corrected chi connectivity index (χ3v) is 3.29. The van der Waals surface area contributed by atoms with Gasteiger partial charge in [0.05, 0.1) is 9.53 Å². The molecule has 1 aromatic heterocycles. The van der Waals surface area contributed by atoms with Crippen LogP contribution in [0.15, 0.2) is 46.9 Å². The van der Waals surface area contributed by atoms with Crippen LogP contribution in [0, 0.1) is 4.51 Å². The molecule has 0 fully saturated rings. The number of fused-ring (bicyclic) bond motifs is 2. The molecular weight excluding hydrogens is 240 g/mol. The van der Waals surface area contributed by atoms with Crippen molar-refractivity contribution in [3.8, 4) is 0 Å². The maximum Gasteiger partial charge on any atom is 0.154 e. The van der Waals surface area contributed by atoms with Gasteiger partial charge in [-0.1, -0.05) is 42.0 Å². The van der Waals surface area contributed by atoms with Gasteiger partial charge in [-0.3, -0.25) is 0 Å². The zero-order valence-electron chi connectivity index (χ0n) is 8.24. The summed E-state index contributed by atoms with van der Waals surface area (Å²) in [7, 11) is 0. The summed E-state index contributed by atoms with van der Waals surface area (Å²) in [5, 5.41) is 2.43. The molecule has 0 saturated heterocycles. The number of hydrogen-bond donors (Lipinski definition) is 0. The molecule has 0 aliphatic carbocycles. The number of hydrogen-bond acceptors (Lipinski definition) is 2. The lowest BCUT2D eigenvalue weighted by atomic mass is 10.1. The highest BCUT2D eigenvalue weighted by atomic mass is 35.5. The van der Waals surface area contributed by atoms with Crippen LogP contribution in [0.25, 0.3) is 21.9 Å². The summed E-state index contributed by atoms with van der Waals surface area (Å²) in [6.07, 6.45) is 0. The molecule has 0 spiro atoms. The summed E-state index contributed by atoms with van der Waals surface area (Å²) in [6, 6.07) is 13.3. The second-order valence-electron chi connectivity index (χ2n) is 3.54. The SMILES string of the molecule is S=c1c2ccccc2oc2c(Cl)cccc12. The van der Waals surface area contributed by atoms with Crippen LogP contribution in [0.4, 0.5) is 0 Å². The van der Waals surface area contributed by atoms with Crippen LogP contribution in [0.5, 0.6) is 0 Å². The van der Waals surface area contributed by atoms with Crippen molar-refractivity contribution in [3.63, 3.8) is 0 Å². The highest BCUT2D eigenvalue weighted by Gasteiger charge is 2.06. The van der Waals surface area contributed by atoms with Gasteiger partial charge >= 0.3 is 0 Å². The first-order valence-electron chi connectivity index (χ1n) is 4.87. The second-order valence-corrected chi connectivity index (χ2v) is 4.36. The number of rotatable bonds is 0. The van der Waals surface area contributed by atoms with Gasteiger partial charge < -0.3 is 4.42 Å². The van der Waals surface area contributed by atoms with Gasteiger partial charge in [0.1, 0.15) is 5.58 Å². The van der Waals surface area contributed by atoms with E-state index in [-0.39, 0.29) is 0 Å². The van der Waals surface area contributed by atoms with E-state index in [9.17, 15) is 0 Å². The van der Waals surface area contributed by atoms with Crippen LogP contribution in [0.1, 0.15) is 0 Å². The van der Waals surface area contributed by atoms with Gasteiger partial charge in [0, 0.05) is 10.8 Å². The Bertz CT molecular complexity index is 746. The molecular formula is C13H7ClOS. The summed E-state index contributed by atoms with van der Waals surface area (Å²) in [6.45, 7) is 0. The third-order valence-electron chi connectivity index (χ3n) is 2.56. The first kappa shape index (κ1) is 9.82. The topological polar surface area (TPSA) is 13.1 Å². The molecule has 0 bridgehead atoms. The molecule has 0 aliphatic rings.